The smallest absolute Gasteiger partial charge is 0.270 e. The van der Waals surface area contributed by atoms with Crippen LogP contribution < -0.4 is 11.3 Å². The molecule has 0 aliphatic heterocycles. The van der Waals surface area contributed by atoms with Gasteiger partial charge in [0.25, 0.3) is 5.56 Å². The number of nitrogens with zero attached hydrogens (tertiary/aromatic N) is 2. The van der Waals surface area contributed by atoms with E-state index in [-0.39, 0.29) is 5.56 Å². The Bertz CT molecular complexity index is 661. The fourth-order valence-electron chi connectivity index (χ4n) is 1.59. The van der Waals surface area contributed by atoms with Crippen molar-refractivity contribution in [1.82, 2.24) is 9.97 Å². The van der Waals surface area contributed by atoms with E-state index in [1.54, 1.807) is 0 Å². The number of nitrogens with two attached hydrogens (primary N) is 1. The summed E-state index contributed by atoms with van der Waals surface area (Å²) in [6.45, 7) is 0.495. The largest absolute Gasteiger partial charge is 0.330 e. The Morgan fingerprint density at radius 3 is 2.74 bits per heavy atom. The number of rotatable bonds is 4. The molecule has 0 aliphatic rings. The summed E-state index contributed by atoms with van der Waals surface area (Å²) in [5.74, 6) is 0.656. The SMILES string of the molecule is N#Cc1c(-c2ccccc2)nc(SCCN)[nH]c1=O. The molecule has 0 fully saturated rings. The molecule has 0 bridgehead atoms. The molecule has 0 aliphatic carbocycles. The van der Waals surface area contributed by atoms with E-state index in [1.807, 2.05) is 36.4 Å². The Morgan fingerprint density at radius 1 is 1.37 bits per heavy atom. The number of nitrogens with one attached hydrogen (secondary N) is 1. The topological polar surface area (TPSA) is 95.6 Å². The standard InChI is InChI=1S/C13H12N4OS/c14-6-7-19-13-16-11(9-4-2-1-3-5-9)10(8-15)12(18)17-13/h1-5H,6-7,14H2,(H,16,17,18). The molecule has 96 valence electrons. The molecule has 0 radical (unpaired) electrons. The fourth-order valence-corrected chi connectivity index (χ4v) is 2.22. The van der Waals surface area contributed by atoms with E-state index in [1.165, 1.54) is 11.8 Å². The zero-order valence-corrected chi connectivity index (χ0v) is 10.9. The Labute approximate surface area is 114 Å². The molecule has 1 heterocycles. The van der Waals surface area contributed by atoms with E-state index in [4.69, 9.17) is 11.0 Å². The van der Waals surface area contributed by atoms with E-state index in [0.717, 1.165) is 5.56 Å². The van der Waals surface area contributed by atoms with Gasteiger partial charge in [0.05, 0.1) is 5.69 Å². The summed E-state index contributed by atoms with van der Waals surface area (Å²) in [4.78, 5) is 18.8. The Morgan fingerprint density at radius 2 is 2.11 bits per heavy atom. The van der Waals surface area contributed by atoms with Crippen molar-refractivity contribution in [3.63, 3.8) is 0 Å². The van der Waals surface area contributed by atoms with Crippen molar-refractivity contribution in [1.29, 1.82) is 5.26 Å². The van der Waals surface area contributed by atoms with E-state index in [9.17, 15) is 4.79 Å². The van der Waals surface area contributed by atoms with Crippen LogP contribution in [0, 0.1) is 11.3 Å². The number of H-pyrrole nitrogens is 1. The minimum atomic E-state index is -0.420. The molecule has 1 aromatic carbocycles. The quantitative estimate of drug-likeness (QED) is 0.647. The molecule has 0 amide bonds. The molecule has 19 heavy (non-hydrogen) atoms. The van der Waals surface area contributed by atoms with Gasteiger partial charge in [0.2, 0.25) is 0 Å². The second kappa shape index (κ2) is 6.18. The van der Waals surface area contributed by atoms with Crippen molar-refractivity contribution in [2.45, 2.75) is 5.16 Å². The maximum Gasteiger partial charge on any atom is 0.270 e. The predicted octanol–water partition coefficient (Wildman–Crippen LogP) is 1.36. The molecule has 0 unspecified atom stereocenters. The van der Waals surface area contributed by atoms with Crippen molar-refractivity contribution in [3.05, 3.63) is 46.2 Å². The van der Waals surface area contributed by atoms with Crippen LogP contribution in [0.15, 0.2) is 40.3 Å². The molecule has 0 spiro atoms. The van der Waals surface area contributed by atoms with Gasteiger partial charge in [-0.15, -0.1) is 0 Å². The predicted molar refractivity (Wildman–Crippen MR) is 74.8 cm³/mol. The molecule has 0 saturated heterocycles. The number of hydrogen-bond donors (Lipinski definition) is 2. The van der Waals surface area contributed by atoms with Crippen molar-refractivity contribution in [3.8, 4) is 17.3 Å². The van der Waals surface area contributed by atoms with E-state index >= 15 is 0 Å². The van der Waals surface area contributed by atoms with Gasteiger partial charge in [-0.05, 0) is 0 Å². The minimum absolute atomic E-state index is 0.0308. The Hall–Kier alpha value is -2.10. The normalized spacial score (nSPS) is 10.1. The molecule has 6 heteroatoms. The number of thioether (sulfide) groups is 1. The summed E-state index contributed by atoms with van der Waals surface area (Å²) >= 11 is 1.36. The van der Waals surface area contributed by atoms with Crippen LogP contribution in [0.25, 0.3) is 11.3 Å². The monoisotopic (exact) mass is 272 g/mol. The van der Waals surface area contributed by atoms with Gasteiger partial charge in [-0.2, -0.15) is 5.26 Å². The molecule has 1 aromatic heterocycles. The van der Waals surface area contributed by atoms with Gasteiger partial charge in [0.15, 0.2) is 5.16 Å². The first-order chi connectivity index (χ1) is 9.26. The molecule has 3 N–H and O–H groups in total. The van der Waals surface area contributed by atoms with Crippen LogP contribution in [0.4, 0.5) is 0 Å². The highest BCUT2D eigenvalue weighted by atomic mass is 32.2. The summed E-state index contributed by atoms with van der Waals surface area (Å²) in [7, 11) is 0. The molecule has 0 saturated carbocycles. The third-order valence-electron chi connectivity index (χ3n) is 2.41. The van der Waals surface area contributed by atoms with Crippen LogP contribution >= 0.6 is 11.8 Å². The second-order valence-corrected chi connectivity index (χ2v) is 4.79. The molecule has 2 rings (SSSR count). The van der Waals surface area contributed by atoms with Crippen LogP contribution in [0.5, 0.6) is 0 Å². The van der Waals surface area contributed by atoms with Gasteiger partial charge in [0.1, 0.15) is 11.6 Å². The number of aromatic amines is 1. The highest BCUT2D eigenvalue weighted by Crippen LogP contribution is 2.21. The van der Waals surface area contributed by atoms with Crippen LogP contribution in [0.2, 0.25) is 0 Å². The fraction of sp³-hybridized carbons (Fsp3) is 0.154. The maximum atomic E-state index is 11.9. The summed E-state index contributed by atoms with van der Waals surface area (Å²) in [6, 6.07) is 11.1. The first-order valence-electron chi connectivity index (χ1n) is 5.69. The Balaban J connectivity index is 2.55. The van der Waals surface area contributed by atoms with Gasteiger partial charge in [0, 0.05) is 17.9 Å². The number of nitriles is 1. The van der Waals surface area contributed by atoms with Crippen molar-refractivity contribution < 1.29 is 0 Å². The maximum absolute atomic E-state index is 11.9. The molecule has 0 atom stereocenters. The minimum Gasteiger partial charge on any atom is -0.330 e. The van der Waals surface area contributed by atoms with E-state index < -0.39 is 5.56 Å². The van der Waals surface area contributed by atoms with Gasteiger partial charge >= 0.3 is 0 Å². The number of hydrogen-bond acceptors (Lipinski definition) is 5. The lowest BCUT2D eigenvalue weighted by atomic mass is 10.1. The Kier molecular flexibility index (Phi) is 4.34. The average molecular weight is 272 g/mol. The van der Waals surface area contributed by atoms with Crippen molar-refractivity contribution in [2.24, 2.45) is 5.73 Å². The number of aromatic nitrogens is 2. The zero-order chi connectivity index (χ0) is 13.7. The first kappa shape index (κ1) is 13.3. The lowest BCUT2D eigenvalue weighted by Crippen LogP contribution is -2.15. The van der Waals surface area contributed by atoms with Crippen molar-refractivity contribution >= 4 is 11.8 Å². The van der Waals surface area contributed by atoms with Crippen LogP contribution in [-0.4, -0.2) is 22.3 Å². The van der Waals surface area contributed by atoms with Crippen LogP contribution in [0.3, 0.4) is 0 Å². The second-order valence-electron chi connectivity index (χ2n) is 3.71. The van der Waals surface area contributed by atoms with Crippen molar-refractivity contribution in [2.75, 3.05) is 12.3 Å². The summed E-state index contributed by atoms with van der Waals surface area (Å²) in [5, 5.41) is 9.57. The summed E-state index contributed by atoms with van der Waals surface area (Å²) < 4.78 is 0. The molecular formula is C13H12N4OS. The molecular weight excluding hydrogens is 260 g/mol. The van der Waals surface area contributed by atoms with Crippen LogP contribution in [-0.2, 0) is 0 Å². The van der Waals surface area contributed by atoms with Gasteiger partial charge in [-0.25, -0.2) is 4.98 Å². The van der Waals surface area contributed by atoms with Gasteiger partial charge in [-0.1, -0.05) is 42.1 Å². The third-order valence-corrected chi connectivity index (χ3v) is 3.32. The average Bonchev–Trinajstić information content (AvgIpc) is 2.45. The first-order valence-corrected chi connectivity index (χ1v) is 6.67. The van der Waals surface area contributed by atoms with Gasteiger partial charge < -0.3 is 10.7 Å². The molecule has 2 aromatic rings. The summed E-state index contributed by atoms with van der Waals surface area (Å²) in [5.41, 5.74) is 6.20. The van der Waals surface area contributed by atoms with Gasteiger partial charge in [-0.3, -0.25) is 4.79 Å². The van der Waals surface area contributed by atoms with E-state index in [0.29, 0.717) is 23.1 Å². The van der Waals surface area contributed by atoms with Crippen LogP contribution in [0.1, 0.15) is 5.56 Å². The van der Waals surface area contributed by atoms with E-state index in [2.05, 4.69) is 9.97 Å². The third kappa shape index (κ3) is 3.02. The number of benzene rings is 1. The highest BCUT2D eigenvalue weighted by Gasteiger charge is 2.12. The zero-order valence-electron chi connectivity index (χ0n) is 10.1. The molecule has 5 nitrogen and oxygen atoms in total. The lowest BCUT2D eigenvalue weighted by molar-refractivity contribution is 0.933. The highest BCUT2D eigenvalue weighted by molar-refractivity contribution is 7.99. The summed E-state index contributed by atoms with van der Waals surface area (Å²) in [6.07, 6.45) is 0. The lowest BCUT2D eigenvalue weighted by Gasteiger charge is -2.05.